The van der Waals surface area contributed by atoms with Crippen LogP contribution in [0.5, 0.6) is 0 Å². The Hall–Kier alpha value is -5.71. The zero-order valence-electron chi connectivity index (χ0n) is 23.9. The average molecular weight is 591 g/mol. The van der Waals surface area contributed by atoms with Crippen molar-refractivity contribution in [3.63, 3.8) is 0 Å². The normalized spacial score (nSPS) is 15.1. The van der Waals surface area contributed by atoms with Crippen LogP contribution in [0.3, 0.4) is 0 Å². The molecule has 5 aromatic rings. The predicted octanol–water partition coefficient (Wildman–Crippen LogP) is 5.39. The van der Waals surface area contributed by atoms with Gasteiger partial charge in [-0.05, 0) is 47.2 Å². The first-order chi connectivity index (χ1) is 21.4. The van der Waals surface area contributed by atoms with E-state index in [1.807, 2.05) is 78.9 Å². The van der Waals surface area contributed by atoms with Gasteiger partial charge in [0.2, 0.25) is 0 Å². The molecule has 1 saturated heterocycles. The van der Waals surface area contributed by atoms with Crippen LogP contribution in [0.1, 0.15) is 46.8 Å². The highest BCUT2D eigenvalue weighted by molar-refractivity contribution is 5.87. The molecular weight excluding hydrogens is 560 g/mol. The summed E-state index contributed by atoms with van der Waals surface area (Å²) in [5.74, 6) is -0.586. The van der Waals surface area contributed by atoms with Crippen molar-refractivity contribution in [2.24, 2.45) is 0 Å². The van der Waals surface area contributed by atoms with E-state index in [1.165, 1.54) is 19.6 Å². The topological polar surface area (TPSA) is 142 Å². The van der Waals surface area contributed by atoms with Crippen molar-refractivity contribution in [2.45, 2.75) is 24.9 Å². The van der Waals surface area contributed by atoms with E-state index in [4.69, 9.17) is 9.84 Å². The number of aromatic amines is 1. The Morgan fingerprint density at radius 1 is 0.955 bits per heavy atom. The molecule has 11 heteroatoms. The molecule has 0 aliphatic carbocycles. The number of methoxy groups -OCH3 is 1. The quantitative estimate of drug-likeness (QED) is 0.220. The number of nitrogens with zero attached hydrogens (tertiary/aromatic N) is 4. The maximum atomic E-state index is 13.7. The van der Waals surface area contributed by atoms with E-state index in [0.29, 0.717) is 17.9 Å². The molecule has 1 aliphatic rings. The second kappa shape index (κ2) is 12.3. The Morgan fingerprint density at radius 2 is 1.64 bits per heavy atom. The molecule has 0 radical (unpaired) electrons. The first kappa shape index (κ1) is 28.4. The number of rotatable bonds is 8. The number of likely N-dealkylation sites (tertiary alicyclic amines) is 1. The molecule has 6 rings (SSSR count). The van der Waals surface area contributed by atoms with E-state index >= 15 is 0 Å². The summed E-state index contributed by atoms with van der Waals surface area (Å²) in [7, 11) is 1.27. The van der Waals surface area contributed by atoms with Crippen molar-refractivity contribution in [3.8, 4) is 28.1 Å². The molecule has 1 fully saturated rings. The van der Waals surface area contributed by atoms with Gasteiger partial charge in [-0.2, -0.15) is 0 Å². The van der Waals surface area contributed by atoms with Crippen LogP contribution in [0.15, 0.2) is 97.6 Å². The average Bonchev–Trinajstić information content (AvgIpc) is 3.85. The molecule has 3 N–H and O–H groups in total. The maximum Gasteiger partial charge on any atom is 0.407 e. The van der Waals surface area contributed by atoms with Gasteiger partial charge in [0.15, 0.2) is 5.69 Å². The van der Waals surface area contributed by atoms with Crippen molar-refractivity contribution in [2.75, 3.05) is 13.7 Å². The molecule has 11 nitrogen and oxygen atoms in total. The SMILES string of the molecule is COC(=O)N[C@@H](C(=O)N1CCC[C@H]1c1ncc(-c2ccc(-c3ccc(-n4cnc(C(=O)O)c4)cc3)cc2)[nH]1)c1ccccc1. The van der Waals surface area contributed by atoms with E-state index in [0.717, 1.165) is 40.9 Å². The number of hydrogen-bond donors (Lipinski definition) is 3. The van der Waals surface area contributed by atoms with Gasteiger partial charge in [0.1, 0.15) is 18.2 Å². The van der Waals surface area contributed by atoms with Crippen LogP contribution < -0.4 is 5.32 Å². The molecule has 44 heavy (non-hydrogen) atoms. The summed E-state index contributed by atoms with van der Waals surface area (Å²) in [4.78, 5) is 50.7. The number of hydrogen-bond acceptors (Lipinski definition) is 6. The number of alkyl carbamates (subject to hydrolysis) is 1. The van der Waals surface area contributed by atoms with Gasteiger partial charge in [0, 0.05) is 18.4 Å². The highest BCUT2D eigenvalue weighted by Gasteiger charge is 2.37. The summed E-state index contributed by atoms with van der Waals surface area (Å²) in [6.07, 6.45) is 5.64. The highest BCUT2D eigenvalue weighted by atomic mass is 16.5. The smallest absolute Gasteiger partial charge is 0.407 e. The van der Waals surface area contributed by atoms with Crippen LogP contribution in [0, 0.1) is 0 Å². The number of nitrogens with one attached hydrogen (secondary N) is 2. The number of H-pyrrole nitrogens is 1. The lowest BCUT2D eigenvalue weighted by molar-refractivity contribution is -0.134. The second-order valence-corrected chi connectivity index (χ2v) is 10.4. The summed E-state index contributed by atoms with van der Waals surface area (Å²) >= 11 is 0. The molecular formula is C33H30N6O5. The van der Waals surface area contributed by atoms with Crippen molar-refractivity contribution in [1.82, 2.24) is 29.7 Å². The van der Waals surface area contributed by atoms with E-state index < -0.39 is 18.1 Å². The van der Waals surface area contributed by atoms with Gasteiger partial charge in [0.05, 0.1) is 25.0 Å². The van der Waals surface area contributed by atoms with Crippen LogP contribution in [0.4, 0.5) is 4.79 Å². The number of ether oxygens (including phenoxy) is 1. The number of carbonyl (C=O) groups excluding carboxylic acids is 2. The molecule has 2 atom stereocenters. The van der Waals surface area contributed by atoms with Gasteiger partial charge in [-0.1, -0.05) is 66.7 Å². The Kier molecular flexibility index (Phi) is 7.92. The van der Waals surface area contributed by atoms with E-state index in [-0.39, 0.29) is 17.6 Å². The second-order valence-electron chi connectivity index (χ2n) is 10.4. The standard InChI is InChI=1S/C33H30N6O5/c1-44-33(43)37-29(24-6-3-2-4-7-24)31(40)39-17-5-8-28(39)30-34-18-26(36-30)23-11-9-21(10-12-23)22-13-15-25(16-14-22)38-19-27(32(41)42)35-20-38/h2-4,6-7,9-16,18-20,28-29H,5,8,17H2,1H3,(H,34,36)(H,37,43)(H,41,42)/t28-,29+/m0/s1. The van der Waals surface area contributed by atoms with Crippen LogP contribution in [0.25, 0.3) is 28.1 Å². The number of carbonyl (C=O) groups is 3. The first-order valence-corrected chi connectivity index (χ1v) is 14.1. The first-order valence-electron chi connectivity index (χ1n) is 14.1. The summed E-state index contributed by atoms with van der Waals surface area (Å²) in [5, 5.41) is 11.8. The lowest BCUT2D eigenvalue weighted by Crippen LogP contribution is -2.42. The number of carboxylic acid groups (broad SMARTS) is 1. The van der Waals surface area contributed by atoms with Crippen LogP contribution in [-0.2, 0) is 9.53 Å². The summed E-state index contributed by atoms with van der Waals surface area (Å²) in [6, 6.07) is 23.9. The molecule has 2 amide bonds. The fourth-order valence-electron chi connectivity index (χ4n) is 5.49. The van der Waals surface area contributed by atoms with Crippen molar-refractivity contribution in [3.05, 3.63) is 115 Å². The lowest BCUT2D eigenvalue weighted by Gasteiger charge is -2.28. The van der Waals surface area contributed by atoms with E-state index in [2.05, 4.69) is 20.3 Å². The van der Waals surface area contributed by atoms with Gasteiger partial charge in [0.25, 0.3) is 5.91 Å². The third-order valence-electron chi connectivity index (χ3n) is 7.77. The predicted molar refractivity (Wildman–Crippen MR) is 162 cm³/mol. The van der Waals surface area contributed by atoms with E-state index in [1.54, 1.807) is 15.7 Å². The lowest BCUT2D eigenvalue weighted by atomic mass is 10.0. The molecule has 0 unspecified atom stereocenters. The number of benzene rings is 3. The summed E-state index contributed by atoms with van der Waals surface area (Å²) in [6.45, 7) is 0.556. The molecule has 0 saturated carbocycles. The molecule has 2 aromatic heterocycles. The minimum Gasteiger partial charge on any atom is -0.476 e. The number of aromatic carboxylic acids is 1. The monoisotopic (exact) mass is 590 g/mol. The molecule has 3 heterocycles. The largest absolute Gasteiger partial charge is 0.476 e. The molecule has 3 aromatic carbocycles. The highest BCUT2D eigenvalue weighted by Crippen LogP contribution is 2.34. The van der Waals surface area contributed by atoms with Crippen molar-refractivity contribution in [1.29, 1.82) is 0 Å². The Labute approximate surface area is 253 Å². The zero-order chi connectivity index (χ0) is 30.6. The Bertz CT molecular complexity index is 1780. The van der Waals surface area contributed by atoms with Crippen molar-refractivity contribution < 1.29 is 24.2 Å². The van der Waals surface area contributed by atoms with Gasteiger partial charge in [-0.3, -0.25) is 4.79 Å². The van der Waals surface area contributed by atoms with Gasteiger partial charge in [-0.15, -0.1) is 0 Å². The minimum atomic E-state index is -1.07. The van der Waals surface area contributed by atoms with E-state index in [9.17, 15) is 14.4 Å². The van der Waals surface area contributed by atoms with Gasteiger partial charge >= 0.3 is 12.1 Å². The fraction of sp³-hybridized carbons (Fsp3) is 0.182. The third-order valence-corrected chi connectivity index (χ3v) is 7.77. The van der Waals surface area contributed by atoms with Crippen LogP contribution >= 0.6 is 0 Å². The molecule has 1 aliphatic heterocycles. The molecule has 0 bridgehead atoms. The molecule has 0 spiro atoms. The Morgan fingerprint density at radius 3 is 2.30 bits per heavy atom. The number of carboxylic acids is 1. The van der Waals surface area contributed by atoms with Gasteiger partial charge < -0.3 is 29.6 Å². The number of imidazole rings is 2. The summed E-state index contributed by atoms with van der Waals surface area (Å²) < 4.78 is 6.46. The minimum absolute atomic E-state index is 0.00850. The molecule has 222 valence electrons. The summed E-state index contributed by atoms with van der Waals surface area (Å²) in [5.41, 5.74) is 5.30. The van der Waals surface area contributed by atoms with Gasteiger partial charge in [-0.25, -0.2) is 19.6 Å². The number of aromatic nitrogens is 4. The van der Waals surface area contributed by atoms with Crippen LogP contribution in [-0.4, -0.2) is 61.1 Å². The fourth-order valence-corrected chi connectivity index (χ4v) is 5.49. The van der Waals surface area contributed by atoms with Crippen molar-refractivity contribution >= 4 is 18.0 Å². The maximum absolute atomic E-state index is 13.7. The Balaban J connectivity index is 1.17. The number of amides is 2. The van der Waals surface area contributed by atoms with Crippen LogP contribution in [0.2, 0.25) is 0 Å². The zero-order valence-corrected chi connectivity index (χ0v) is 23.9. The third kappa shape index (κ3) is 5.80.